The van der Waals surface area contributed by atoms with Gasteiger partial charge >= 0.3 is 0 Å². The van der Waals surface area contributed by atoms with Gasteiger partial charge in [0.25, 0.3) is 0 Å². The van der Waals surface area contributed by atoms with Crippen molar-refractivity contribution in [3.05, 3.63) is 46.1 Å². The summed E-state index contributed by atoms with van der Waals surface area (Å²) in [5, 5.41) is 20.9. The van der Waals surface area contributed by atoms with Gasteiger partial charge in [0.15, 0.2) is 16.5 Å². The van der Waals surface area contributed by atoms with E-state index in [4.69, 9.17) is 14.9 Å². The number of nitrogens with one attached hydrogen (secondary N) is 2. The maximum atomic E-state index is 12.2. The highest BCUT2D eigenvalue weighted by Crippen LogP contribution is 2.24. The third kappa shape index (κ3) is 4.94. The fraction of sp³-hybridized carbons (Fsp3) is 0.263. The molecule has 0 aliphatic rings. The summed E-state index contributed by atoms with van der Waals surface area (Å²) >= 11 is 1.29. The lowest BCUT2D eigenvalue weighted by Gasteiger charge is -2.12. The van der Waals surface area contributed by atoms with Gasteiger partial charge in [-0.15, -0.1) is 0 Å². The Morgan fingerprint density at radius 2 is 2.07 bits per heavy atom. The Hall–Kier alpha value is -3.76. The molecular weight excluding hydrogens is 390 g/mol. The van der Waals surface area contributed by atoms with E-state index in [1.807, 2.05) is 26.8 Å². The summed E-state index contributed by atoms with van der Waals surface area (Å²) in [6.07, 6.45) is 6.77. The Bertz CT molecular complexity index is 1120. The predicted octanol–water partition coefficient (Wildman–Crippen LogP) is 3.25. The molecular formula is C19H17N7O2S. The summed E-state index contributed by atoms with van der Waals surface area (Å²) < 4.78 is 5.70. The molecule has 0 saturated carbocycles. The van der Waals surface area contributed by atoms with Gasteiger partial charge in [-0.3, -0.25) is 4.79 Å². The van der Waals surface area contributed by atoms with Crippen molar-refractivity contribution in [1.29, 1.82) is 10.5 Å². The van der Waals surface area contributed by atoms with E-state index in [0.29, 0.717) is 11.0 Å². The summed E-state index contributed by atoms with van der Waals surface area (Å²) in [6.45, 7) is 6.14. The van der Waals surface area contributed by atoms with E-state index in [0.717, 1.165) is 10.6 Å². The number of rotatable bonds is 5. The molecule has 0 aliphatic carbocycles. The van der Waals surface area contributed by atoms with Crippen LogP contribution in [0.2, 0.25) is 0 Å². The van der Waals surface area contributed by atoms with Crippen molar-refractivity contribution < 1.29 is 9.21 Å². The van der Waals surface area contributed by atoms with Gasteiger partial charge in [0.05, 0.1) is 12.6 Å². The Balaban J connectivity index is 1.61. The second kappa shape index (κ2) is 8.09. The SMILES string of the molecule is CC(C)(C)c1cnc(C=Cc2cnc(NC(=O)Cc3nc(C#N)c(C#N)[nH]3)s2)o1. The molecule has 0 bridgehead atoms. The van der Waals surface area contributed by atoms with Crippen molar-refractivity contribution in [2.75, 3.05) is 5.32 Å². The Morgan fingerprint density at radius 1 is 1.28 bits per heavy atom. The normalized spacial score (nSPS) is 11.3. The van der Waals surface area contributed by atoms with Crippen molar-refractivity contribution in [2.24, 2.45) is 0 Å². The summed E-state index contributed by atoms with van der Waals surface area (Å²) in [5.41, 5.74) is -0.104. The van der Waals surface area contributed by atoms with Gasteiger partial charge in [-0.05, 0) is 6.08 Å². The van der Waals surface area contributed by atoms with Crippen LogP contribution in [0, 0.1) is 22.7 Å². The second-order valence-electron chi connectivity index (χ2n) is 7.07. The van der Waals surface area contributed by atoms with Gasteiger partial charge in [-0.1, -0.05) is 32.1 Å². The number of aromatic amines is 1. The number of carbonyl (C=O) groups is 1. The van der Waals surface area contributed by atoms with Crippen LogP contribution in [0.25, 0.3) is 12.2 Å². The highest BCUT2D eigenvalue weighted by Gasteiger charge is 2.18. The zero-order valence-electron chi connectivity index (χ0n) is 16.0. The summed E-state index contributed by atoms with van der Waals surface area (Å²) in [5.74, 6) is 1.17. The number of imidazole rings is 1. The molecule has 3 heterocycles. The molecule has 3 rings (SSSR count). The number of amides is 1. The smallest absolute Gasteiger partial charge is 0.233 e. The molecule has 10 heteroatoms. The maximum Gasteiger partial charge on any atom is 0.233 e. The fourth-order valence-electron chi connectivity index (χ4n) is 2.27. The number of oxazole rings is 1. The van der Waals surface area contributed by atoms with Crippen LogP contribution in [0.4, 0.5) is 5.13 Å². The number of carbonyl (C=O) groups excluding carboxylic acids is 1. The maximum absolute atomic E-state index is 12.2. The summed E-state index contributed by atoms with van der Waals surface area (Å²) in [6, 6.07) is 3.63. The number of aromatic nitrogens is 4. The minimum atomic E-state index is -0.361. The average Bonchev–Trinajstić information content (AvgIpc) is 3.38. The molecule has 146 valence electrons. The van der Waals surface area contributed by atoms with E-state index >= 15 is 0 Å². The zero-order chi connectivity index (χ0) is 21.0. The van der Waals surface area contributed by atoms with E-state index < -0.39 is 0 Å². The minimum Gasteiger partial charge on any atom is -0.441 e. The quantitative estimate of drug-likeness (QED) is 0.660. The second-order valence-corrected chi connectivity index (χ2v) is 8.13. The third-order valence-electron chi connectivity index (χ3n) is 3.72. The highest BCUT2D eigenvalue weighted by atomic mass is 32.1. The molecule has 0 unspecified atom stereocenters. The predicted molar refractivity (Wildman–Crippen MR) is 107 cm³/mol. The Kier molecular flexibility index (Phi) is 5.57. The lowest BCUT2D eigenvalue weighted by molar-refractivity contribution is -0.115. The van der Waals surface area contributed by atoms with Crippen LogP contribution in [0.3, 0.4) is 0 Å². The lowest BCUT2D eigenvalue weighted by Crippen LogP contribution is -2.15. The van der Waals surface area contributed by atoms with Gasteiger partial charge in [0, 0.05) is 22.6 Å². The topological polar surface area (TPSA) is 144 Å². The largest absolute Gasteiger partial charge is 0.441 e. The van der Waals surface area contributed by atoms with E-state index in [1.54, 1.807) is 30.6 Å². The standard InChI is InChI=1S/C19H17N7O2S/c1-19(2,3)14-10-22-17(28-14)5-4-11-9-23-18(29-11)26-16(27)6-15-24-12(7-20)13(8-21)25-15/h4-5,9-10H,6H2,1-3H3,(H,24,25)(H,23,26,27). The van der Waals surface area contributed by atoms with E-state index in [1.165, 1.54) is 11.3 Å². The molecule has 3 aromatic rings. The van der Waals surface area contributed by atoms with Crippen LogP contribution in [0.5, 0.6) is 0 Å². The molecule has 2 N–H and O–H groups in total. The Labute approximate surface area is 170 Å². The van der Waals surface area contributed by atoms with E-state index in [2.05, 4.69) is 25.3 Å². The first kappa shape index (κ1) is 20.0. The van der Waals surface area contributed by atoms with Gasteiger partial charge in [-0.25, -0.2) is 15.0 Å². The first-order valence-corrected chi connectivity index (χ1v) is 9.39. The first-order chi connectivity index (χ1) is 13.8. The van der Waals surface area contributed by atoms with Gasteiger partial charge in [-0.2, -0.15) is 10.5 Å². The highest BCUT2D eigenvalue weighted by molar-refractivity contribution is 7.16. The molecule has 1 amide bonds. The molecule has 9 nitrogen and oxygen atoms in total. The van der Waals surface area contributed by atoms with Crippen molar-refractivity contribution >= 4 is 34.5 Å². The molecule has 0 saturated heterocycles. The lowest BCUT2D eigenvalue weighted by atomic mass is 9.94. The average molecular weight is 407 g/mol. The zero-order valence-corrected chi connectivity index (χ0v) is 16.8. The van der Waals surface area contributed by atoms with Gasteiger partial charge in [0.1, 0.15) is 23.7 Å². The van der Waals surface area contributed by atoms with Crippen molar-refractivity contribution in [3.63, 3.8) is 0 Å². The van der Waals surface area contributed by atoms with Crippen LogP contribution in [0.15, 0.2) is 16.8 Å². The van der Waals surface area contributed by atoms with Crippen LogP contribution >= 0.6 is 11.3 Å². The van der Waals surface area contributed by atoms with Gasteiger partial charge in [0.2, 0.25) is 11.8 Å². The molecule has 0 spiro atoms. The van der Waals surface area contributed by atoms with Crippen molar-refractivity contribution in [1.82, 2.24) is 19.9 Å². The van der Waals surface area contributed by atoms with Crippen LogP contribution in [0.1, 0.15) is 54.5 Å². The number of hydrogen-bond acceptors (Lipinski definition) is 8. The van der Waals surface area contributed by atoms with Gasteiger partial charge < -0.3 is 14.7 Å². The monoisotopic (exact) mass is 407 g/mol. The number of anilines is 1. The number of nitriles is 2. The number of hydrogen-bond donors (Lipinski definition) is 2. The minimum absolute atomic E-state index is 0.0295. The van der Waals surface area contributed by atoms with E-state index in [-0.39, 0.29) is 35.0 Å². The summed E-state index contributed by atoms with van der Waals surface area (Å²) in [7, 11) is 0. The molecule has 0 aromatic carbocycles. The number of thiazole rings is 1. The molecule has 29 heavy (non-hydrogen) atoms. The van der Waals surface area contributed by atoms with Crippen molar-refractivity contribution in [2.45, 2.75) is 32.6 Å². The number of nitrogens with zero attached hydrogens (tertiary/aromatic N) is 5. The fourth-order valence-corrected chi connectivity index (χ4v) is 3.00. The third-order valence-corrected chi connectivity index (χ3v) is 4.60. The Morgan fingerprint density at radius 3 is 2.69 bits per heavy atom. The molecule has 0 atom stereocenters. The number of H-pyrrole nitrogens is 1. The van der Waals surface area contributed by atoms with Crippen LogP contribution in [-0.2, 0) is 16.6 Å². The van der Waals surface area contributed by atoms with Crippen LogP contribution < -0.4 is 5.32 Å². The molecule has 0 radical (unpaired) electrons. The molecule has 0 fully saturated rings. The summed E-state index contributed by atoms with van der Waals surface area (Å²) in [4.78, 5) is 27.9. The molecule has 0 aliphatic heterocycles. The van der Waals surface area contributed by atoms with Crippen LogP contribution in [-0.4, -0.2) is 25.8 Å². The molecule has 3 aromatic heterocycles. The van der Waals surface area contributed by atoms with Crippen molar-refractivity contribution in [3.8, 4) is 12.1 Å². The van der Waals surface area contributed by atoms with E-state index in [9.17, 15) is 4.79 Å². The first-order valence-electron chi connectivity index (χ1n) is 8.57.